The third-order valence-corrected chi connectivity index (χ3v) is 3.58. The lowest BCUT2D eigenvalue weighted by Gasteiger charge is -2.29. The molecule has 1 aromatic heterocycles. The maximum atomic E-state index is 11.9. The standard InChI is InChI=1S/C20H18N2O4/c1-20(2)25-18(23)17(19(24)26-20)13-22-16-7-5-14(6-8-16)3-4-15-9-11-21-12-10-15/h3-13,22H,1-2H3. The smallest absolute Gasteiger partial charge is 0.350 e. The molecule has 2 aromatic rings. The molecule has 6 heteroatoms. The topological polar surface area (TPSA) is 77.5 Å². The largest absolute Gasteiger partial charge is 0.419 e. The number of carbonyl (C=O) groups is 2. The van der Waals surface area contributed by atoms with Gasteiger partial charge in [-0.25, -0.2) is 9.59 Å². The fourth-order valence-electron chi connectivity index (χ4n) is 2.29. The van der Waals surface area contributed by atoms with Crippen molar-refractivity contribution in [2.45, 2.75) is 19.6 Å². The van der Waals surface area contributed by atoms with Crippen LogP contribution in [0.2, 0.25) is 0 Å². The van der Waals surface area contributed by atoms with Crippen LogP contribution in [-0.2, 0) is 19.1 Å². The second-order valence-electron chi connectivity index (χ2n) is 6.12. The minimum atomic E-state index is -1.24. The van der Waals surface area contributed by atoms with Crippen LogP contribution < -0.4 is 5.32 Å². The fraction of sp³-hybridized carbons (Fsp3) is 0.150. The molecular formula is C20H18N2O4. The average molecular weight is 350 g/mol. The maximum Gasteiger partial charge on any atom is 0.350 e. The zero-order chi connectivity index (χ0) is 18.6. The van der Waals surface area contributed by atoms with Crippen molar-refractivity contribution < 1.29 is 19.1 Å². The Bertz CT molecular complexity index is 846. The number of hydrogen-bond donors (Lipinski definition) is 1. The Labute approximate surface area is 151 Å². The second-order valence-corrected chi connectivity index (χ2v) is 6.12. The molecule has 26 heavy (non-hydrogen) atoms. The third-order valence-electron chi connectivity index (χ3n) is 3.58. The predicted molar refractivity (Wildman–Crippen MR) is 97.6 cm³/mol. The number of nitrogens with zero attached hydrogens (tertiary/aromatic N) is 1. The molecule has 0 amide bonds. The van der Waals surface area contributed by atoms with Gasteiger partial charge in [-0.15, -0.1) is 0 Å². The van der Waals surface area contributed by atoms with Gasteiger partial charge < -0.3 is 14.8 Å². The van der Waals surface area contributed by atoms with E-state index in [2.05, 4.69) is 10.3 Å². The summed E-state index contributed by atoms with van der Waals surface area (Å²) < 4.78 is 10.1. The first kappa shape index (κ1) is 17.4. The number of hydrogen-bond acceptors (Lipinski definition) is 6. The quantitative estimate of drug-likeness (QED) is 0.517. The Hall–Kier alpha value is -3.41. The number of aromatic nitrogens is 1. The van der Waals surface area contributed by atoms with Crippen molar-refractivity contribution >= 4 is 29.8 Å². The molecule has 1 aromatic carbocycles. The Morgan fingerprint density at radius 2 is 1.42 bits per heavy atom. The molecule has 132 valence electrons. The molecule has 1 N–H and O–H groups in total. The summed E-state index contributed by atoms with van der Waals surface area (Å²) in [6, 6.07) is 11.3. The third kappa shape index (κ3) is 4.36. The summed E-state index contributed by atoms with van der Waals surface area (Å²) in [7, 11) is 0. The minimum absolute atomic E-state index is 0.175. The molecule has 0 spiro atoms. The molecule has 1 saturated heterocycles. The highest BCUT2D eigenvalue weighted by molar-refractivity contribution is 6.15. The van der Waals surface area contributed by atoms with E-state index in [4.69, 9.17) is 9.47 Å². The van der Waals surface area contributed by atoms with Crippen molar-refractivity contribution in [3.05, 3.63) is 71.7 Å². The van der Waals surface area contributed by atoms with E-state index in [-0.39, 0.29) is 5.57 Å². The van der Waals surface area contributed by atoms with E-state index in [0.717, 1.165) is 16.8 Å². The highest BCUT2D eigenvalue weighted by Gasteiger charge is 2.38. The van der Waals surface area contributed by atoms with Crippen LogP contribution in [0.15, 0.2) is 60.6 Å². The molecule has 6 nitrogen and oxygen atoms in total. The number of carbonyl (C=O) groups excluding carboxylic acids is 2. The van der Waals surface area contributed by atoms with Crippen molar-refractivity contribution in [1.82, 2.24) is 4.98 Å². The maximum absolute atomic E-state index is 11.9. The molecule has 0 aliphatic carbocycles. The first-order valence-corrected chi connectivity index (χ1v) is 8.04. The normalized spacial score (nSPS) is 16.2. The molecule has 0 radical (unpaired) electrons. The predicted octanol–water partition coefficient (Wildman–Crippen LogP) is 3.38. The Balaban J connectivity index is 1.65. The highest BCUT2D eigenvalue weighted by Crippen LogP contribution is 2.22. The number of ether oxygens (including phenoxy) is 2. The Kier molecular flexibility index (Phi) is 4.84. The summed E-state index contributed by atoms with van der Waals surface area (Å²) in [5.74, 6) is -2.67. The molecule has 2 heterocycles. The van der Waals surface area contributed by atoms with Gasteiger partial charge in [-0.1, -0.05) is 24.3 Å². The number of rotatable bonds is 4. The van der Waals surface area contributed by atoms with E-state index in [9.17, 15) is 9.59 Å². The van der Waals surface area contributed by atoms with Crippen LogP contribution in [0.5, 0.6) is 0 Å². The zero-order valence-electron chi connectivity index (χ0n) is 14.4. The number of pyridine rings is 1. The van der Waals surface area contributed by atoms with E-state index >= 15 is 0 Å². The molecule has 1 fully saturated rings. The molecular weight excluding hydrogens is 332 g/mol. The molecule has 1 aliphatic heterocycles. The first-order valence-electron chi connectivity index (χ1n) is 8.04. The van der Waals surface area contributed by atoms with Crippen LogP contribution in [0.4, 0.5) is 5.69 Å². The van der Waals surface area contributed by atoms with Gasteiger partial charge in [0.25, 0.3) is 5.79 Å². The van der Waals surface area contributed by atoms with E-state index in [1.165, 1.54) is 20.0 Å². The Morgan fingerprint density at radius 3 is 2.00 bits per heavy atom. The lowest BCUT2D eigenvalue weighted by atomic mass is 10.1. The number of esters is 2. The van der Waals surface area contributed by atoms with Crippen LogP contribution in [0.1, 0.15) is 25.0 Å². The Morgan fingerprint density at radius 1 is 0.885 bits per heavy atom. The summed E-state index contributed by atoms with van der Waals surface area (Å²) in [6.45, 7) is 3.01. The van der Waals surface area contributed by atoms with Crippen LogP contribution in [0.25, 0.3) is 12.2 Å². The summed E-state index contributed by atoms with van der Waals surface area (Å²) in [6.07, 6.45) is 8.74. The number of anilines is 1. The summed E-state index contributed by atoms with van der Waals surface area (Å²) in [5.41, 5.74) is 2.62. The van der Waals surface area contributed by atoms with Gasteiger partial charge in [0.2, 0.25) is 0 Å². The van der Waals surface area contributed by atoms with Crippen molar-refractivity contribution in [3.63, 3.8) is 0 Å². The van der Waals surface area contributed by atoms with Crippen molar-refractivity contribution in [1.29, 1.82) is 0 Å². The summed E-state index contributed by atoms with van der Waals surface area (Å²) in [4.78, 5) is 27.7. The monoisotopic (exact) mass is 350 g/mol. The summed E-state index contributed by atoms with van der Waals surface area (Å²) in [5, 5.41) is 2.91. The number of nitrogens with one attached hydrogen (secondary N) is 1. The van der Waals surface area contributed by atoms with Gasteiger partial charge >= 0.3 is 11.9 Å². The van der Waals surface area contributed by atoms with Crippen LogP contribution >= 0.6 is 0 Å². The van der Waals surface area contributed by atoms with Gasteiger partial charge in [-0.05, 0) is 35.4 Å². The van der Waals surface area contributed by atoms with Gasteiger partial charge in [0.1, 0.15) is 0 Å². The van der Waals surface area contributed by atoms with E-state index in [0.29, 0.717) is 0 Å². The zero-order valence-corrected chi connectivity index (χ0v) is 14.4. The highest BCUT2D eigenvalue weighted by atomic mass is 16.7. The van der Waals surface area contributed by atoms with Crippen LogP contribution in [0.3, 0.4) is 0 Å². The minimum Gasteiger partial charge on any atom is -0.419 e. The molecule has 1 aliphatic rings. The van der Waals surface area contributed by atoms with E-state index in [1.54, 1.807) is 12.4 Å². The van der Waals surface area contributed by atoms with Gasteiger partial charge in [0.05, 0.1) is 0 Å². The van der Waals surface area contributed by atoms with Crippen molar-refractivity contribution in [2.75, 3.05) is 5.32 Å². The van der Waals surface area contributed by atoms with E-state index in [1.807, 2.05) is 48.6 Å². The molecule has 3 rings (SSSR count). The lowest BCUT2D eigenvalue weighted by molar-refractivity contribution is -0.222. The number of benzene rings is 1. The summed E-state index contributed by atoms with van der Waals surface area (Å²) >= 11 is 0. The van der Waals surface area contributed by atoms with Crippen LogP contribution in [-0.4, -0.2) is 22.7 Å². The molecule has 0 saturated carbocycles. The number of cyclic esters (lactones) is 2. The van der Waals surface area contributed by atoms with Crippen molar-refractivity contribution in [2.24, 2.45) is 0 Å². The van der Waals surface area contributed by atoms with Gasteiger partial charge in [0.15, 0.2) is 5.57 Å². The SMILES string of the molecule is CC1(C)OC(=O)C(=CNc2ccc(C=Cc3ccncc3)cc2)C(=O)O1. The lowest BCUT2D eigenvalue weighted by Crippen LogP contribution is -2.42. The van der Waals surface area contributed by atoms with Gasteiger partial charge in [0, 0.05) is 38.1 Å². The van der Waals surface area contributed by atoms with Crippen molar-refractivity contribution in [3.8, 4) is 0 Å². The molecule has 0 atom stereocenters. The second kappa shape index (κ2) is 7.23. The van der Waals surface area contributed by atoms with Gasteiger partial charge in [-0.3, -0.25) is 4.98 Å². The van der Waals surface area contributed by atoms with Crippen LogP contribution in [0, 0.1) is 0 Å². The van der Waals surface area contributed by atoms with E-state index < -0.39 is 17.7 Å². The average Bonchev–Trinajstić information content (AvgIpc) is 2.60. The molecule has 0 bridgehead atoms. The molecule has 0 unspecified atom stereocenters. The first-order chi connectivity index (χ1) is 12.4. The van der Waals surface area contributed by atoms with Gasteiger partial charge in [-0.2, -0.15) is 0 Å². The fourth-order valence-corrected chi connectivity index (χ4v) is 2.29.